The van der Waals surface area contributed by atoms with Crippen molar-refractivity contribution in [3.05, 3.63) is 0 Å². The molecule has 0 aromatic heterocycles. The van der Waals surface area contributed by atoms with E-state index in [-0.39, 0.29) is 11.8 Å². The van der Waals surface area contributed by atoms with Crippen LogP contribution in [0.1, 0.15) is 19.8 Å². The van der Waals surface area contributed by atoms with Gasteiger partial charge in [0.25, 0.3) is 0 Å². The fourth-order valence-electron chi connectivity index (χ4n) is 1.12. The molecule has 1 heterocycles. The molecule has 1 atom stereocenters. The molecular formula is C8H16N2O2. The molecule has 12 heavy (non-hydrogen) atoms. The highest BCUT2D eigenvalue weighted by molar-refractivity contribution is 5.77. The summed E-state index contributed by atoms with van der Waals surface area (Å²) in [7, 11) is 0. The van der Waals surface area contributed by atoms with Crippen LogP contribution < -0.4 is 5.73 Å². The Morgan fingerprint density at radius 1 is 1.67 bits per heavy atom. The third-order valence-electron chi connectivity index (χ3n) is 2.02. The number of nitrogens with two attached hydrogens (primary N) is 1. The topological polar surface area (TPSA) is 55.6 Å². The summed E-state index contributed by atoms with van der Waals surface area (Å²) >= 11 is 0. The largest absolute Gasteiger partial charge is 0.330 e. The second kappa shape index (κ2) is 4.42. The Labute approximate surface area is 72.6 Å². The maximum absolute atomic E-state index is 11.5. The molecule has 1 rings (SSSR count). The van der Waals surface area contributed by atoms with Gasteiger partial charge in [-0.1, -0.05) is 6.92 Å². The fourth-order valence-corrected chi connectivity index (χ4v) is 1.12. The lowest BCUT2D eigenvalue weighted by Gasteiger charge is -2.27. The monoisotopic (exact) mass is 172 g/mol. The molecule has 1 unspecified atom stereocenters. The molecule has 0 spiro atoms. The summed E-state index contributed by atoms with van der Waals surface area (Å²) in [6.07, 6.45) is 2.07. The number of nitrogens with zero attached hydrogens (tertiary/aromatic N) is 1. The van der Waals surface area contributed by atoms with Crippen LogP contribution in [0.2, 0.25) is 0 Å². The van der Waals surface area contributed by atoms with Crippen molar-refractivity contribution < 1.29 is 9.63 Å². The molecule has 1 fully saturated rings. The minimum atomic E-state index is -0.122. The Morgan fingerprint density at radius 2 is 2.42 bits per heavy atom. The normalized spacial score (nSPS) is 20.7. The van der Waals surface area contributed by atoms with Crippen molar-refractivity contribution in [1.82, 2.24) is 5.06 Å². The molecule has 0 aliphatic carbocycles. The first kappa shape index (κ1) is 9.48. The molecule has 1 saturated heterocycles. The highest BCUT2D eigenvalue weighted by Gasteiger charge is 2.21. The molecular weight excluding hydrogens is 156 g/mol. The molecule has 0 radical (unpaired) electrons. The van der Waals surface area contributed by atoms with Crippen LogP contribution in [0.3, 0.4) is 0 Å². The molecule has 1 aliphatic rings. The van der Waals surface area contributed by atoms with Gasteiger partial charge in [-0.2, -0.15) is 0 Å². The molecule has 0 aromatic rings. The minimum Gasteiger partial charge on any atom is -0.330 e. The number of carbonyl (C=O) groups is 1. The summed E-state index contributed by atoms with van der Waals surface area (Å²) < 4.78 is 0. The summed E-state index contributed by atoms with van der Waals surface area (Å²) in [5.74, 6) is -0.111. The number of hydrogen-bond acceptors (Lipinski definition) is 3. The lowest BCUT2D eigenvalue weighted by atomic mass is 10.1. The van der Waals surface area contributed by atoms with Crippen LogP contribution in [0.25, 0.3) is 0 Å². The van der Waals surface area contributed by atoms with E-state index in [0.717, 1.165) is 12.8 Å². The van der Waals surface area contributed by atoms with E-state index < -0.39 is 0 Å². The van der Waals surface area contributed by atoms with Crippen LogP contribution in [0, 0.1) is 5.92 Å². The zero-order valence-corrected chi connectivity index (χ0v) is 7.45. The molecule has 0 saturated carbocycles. The van der Waals surface area contributed by atoms with Gasteiger partial charge in [0, 0.05) is 19.0 Å². The molecule has 1 aliphatic heterocycles. The minimum absolute atomic E-state index is 0.0113. The van der Waals surface area contributed by atoms with E-state index in [1.165, 1.54) is 5.06 Å². The van der Waals surface area contributed by atoms with E-state index in [9.17, 15) is 4.79 Å². The molecule has 2 N–H and O–H groups in total. The van der Waals surface area contributed by atoms with Gasteiger partial charge in [-0.05, 0) is 12.8 Å². The SMILES string of the molecule is CC(CN)C(=O)N1CCCCO1. The van der Waals surface area contributed by atoms with Crippen LogP contribution in [-0.4, -0.2) is 30.7 Å². The van der Waals surface area contributed by atoms with E-state index in [2.05, 4.69) is 0 Å². The van der Waals surface area contributed by atoms with Gasteiger partial charge in [0.2, 0.25) is 5.91 Å². The summed E-state index contributed by atoms with van der Waals surface area (Å²) in [6, 6.07) is 0. The Bertz CT molecular complexity index is 155. The molecule has 1 amide bonds. The Hall–Kier alpha value is -0.610. The summed E-state index contributed by atoms with van der Waals surface area (Å²) in [6.45, 7) is 3.57. The lowest BCUT2D eigenvalue weighted by molar-refractivity contribution is -0.200. The van der Waals surface area contributed by atoms with E-state index in [4.69, 9.17) is 10.6 Å². The Morgan fingerprint density at radius 3 is 2.92 bits per heavy atom. The maximum atomic E-state index is 11.5. The van der Waals surface area contributed by atoms with Crippen LogP contribution in [-0.2, 0) is 9.63 Å². The highest BCUT2D eigenvalue weighted by Crippen LogP contribution is 2.09. The first-order chi connectivity index (χ1) is 5.75. The molecule has 0 aromatic carbocycles. The third-order valence-corrected chi connectivity index (χ3v) is 2.02. The van der Waals surface area contributed by atoms with Gasteiger partial charge < -0.3 is 5.73 Å². The summed E-state index contributed by atoms with van der Waals surface area (Å²) in [5, 5.41) is 1.45. The quantitative estimate of drug-likeness (QED) is 0.644. The third kappa shape index (κ3) is 2.19. The van der Waals surface area contributed by atoms with Gasteiger partial charge in [0.1, 0.15) is 0 Å². The van der Waals surface area contributed by atoms with Crippen molar-refractivity contribution in [2.24, 2.45) is 11.7 Å². The first-order valence-corrected chi connectivity index (χ1v) is 4.40. The average Bonchev–Trinajstić information content (AvgIpc) is 2.17. The molecule has 4 heteroatoms. The van der Waals surface area contributed by atoms with Gasteiger partial charge >= 0.3 is 0 Å². The van der Waals surface area contributed by atoms with Gasteiger partial charge in [0.15, 0.2) is 0 Å². The Kier molecular flexibility index (Phi) is 3.49. The smallest absolute Gasteiger partial charge is 0.250 e. The van der Waals surface area contributed by atoms with Crippen LogP contribution in [0.15, 0.2) is 0 Å². The van der Waals surface area contributed by atoms with Crippen molar-refractivity contribution in [3.63, 3.8) is 0 Å². The predicted octanol–water partition coefficient (Wildman–Crippen LogP) is 0.135. The van der Waals surface area contributed by atoms with Gasteiger partial charge in [-0.3, -0.25) is 9.63 Å². The number of carbonyl (C=O) groups excluding carboxylic acids is 1. The Balaban J connectivity index is 2.39. The van der Waals surface area contributed by atoms with Crippen LogP contribution >= 0.6 is 0 Å². The van der Waals surface area contributed by atoms with Crippen molar-refractivity contribution in [2.45, 2.75) is 19.8 Å². The number of amides is 1. The van der Waals surface area contributed by atoms with Crippen molar-refractivity contribution in [3.8, 4) is 0 Å². The van der Waals surface area contributed by atoms with E-state index in [1.807, 2.05) is 6.92 Å². The van der Waals surface area contributed by atoms with Crippen molar-refractivity contribution in [2.75, 3.05) is 19.7 Å². The van der Waals surface area contributed by atoms with Crippen molar-refractivity contribution >= 4 is 5.91 Å². The lowest BCUT2D eigenvalue weighted by Crippen LogP contribution is -2.40. The molecule has 70 valence electrons. The number of hydroxylamine groups is 2. The van der Waals surface area contributed by atoms with Crippen LogP contribution in [0.5, 0.6) is 0 Å². The number of rotatable bonds is 2. The average molecular weight is 172 g/mol. The summed E-state index contributed by atoms with van der Waals surface area (Å²) in [5.41, 5.74) is 5.38. The summed E-state index contributed by atoms with van der Waals surface area (Å²) in [4.78, 5) is 16.6. The second-order valence-electron chi connectivity index (χ2n) is 3.12. The fraction of sp³-hybridized carbons (Fsp3) is 0.875. The highest BCUT2D eigenvalue weighted by atomic mass is 16.7. The van der Waals surface area contributed by atoms with Crippen LogP contribution in [0.4, 0.5) is 0 Å². The standard InChI is InChI=1S/C8H16N2O2/c1-7(6-9)8(11)10-4-2-3-5-12-10/h7H,2-6,9H2,1H3. The molecule has 4 nitrogen and oxygen atoms in total. The zero-order valence-electron chi connectivity index (χ0n) is 7.45. The van der Waals surface area contributed by atoms with Gasteiger partial charge in [0.05, 0.1) is 6.61 Å². The van der Waals surface area contributed by atoms with Gasteiger partial charge in [-0.15, -0.1) is 0 Å². The van der Waals surface area contributed by atoms with E-state index >= 15 is 0 Å². The van der Waals surface area contributed by atoms with E-state index in [0.29, 0.717) is 19.7 Å². The van der Waals surface area contributed by atoms with Crippen molar-refractivity contribution in [1.29, 1.82) is 0 Å². The predicted molar refractivity (Wildman–Crippen MR) is 45.1 cm³/mol. The second-order valence-corrected chi connectivity index (χ2v) is 3.12. The van der Waals surface area contributed by atoms with Gasteiger partial charge in [-0.25, -0.2) is 5.06 Å². The van der Waals surface area contributed by atoms with E-state index in [1.54, 1.807) is 0 Å². The molecule has 0 bridgehead atoms. The zero-order chi connectivity index (χ0) is 8.97. The first-order valence-electron chi connectivity index (χ1n) is 4.40. The number of hydrogen-bond donors (Lipinski definition) is 1. The maximum Gasteiger partial charge on any atom is 0.250 e.